The van der Waals surface area contributed by atoms with Crippen molar-refractivity contribution < 1.29 is 13.9 Å². The van der Waals surface area contributed by atoms with Crippen LogP contribution in [-0.4, -0.2) is 19.6 Å². The van der Waals surface area contributed by atoms with E-state index in [1.54, 1.807) is 25.3 Å². The van der Waals surface area contributed by atoms with Crippen LogP contribution in [-0.2, 0) is 4.79 Å². The first kappa shape index (κ1) is 13.9. The van der Waals surface area contributed by atoms with Crippen LogP contribution in [0.2, 0.25) is 0 Å². The lowest BCUT2D eigenvalue weighted by Crippen LogP contribution is -2.21. The Morgan fingerprint density at radius 2 is 1.90 bits per heavy atom. The molecule has 0 aliphatic carbocycles. The molecule has 0 aromatic heterocycles. The molecule has 0 aliphatic heterocycles. The predicted octanol–water partition coefficient (Wildman–Crippen LogP) is 2.88. The second kappa shape index (κ2) is 6.56. The second-order valence-corrected chi connectivity index (χ2v) is 4.14. The van der Waals surface area contributed by atoms with E-state index in [4.69, 9.17) is 4.74 Å². The van der Waals surface area contributed by atoms with E-state index >= 15 is 0 Å². The molecule has 0 radical (unpaired) electrons. The van der Waals surface area contributed by atoms with E-state index in [2.05, 4.69) is 10.6 Å². The normalized spacial score (nSPS) is 9.90. The van der Waals surface area contributed by atoms with Gasteiger partial charge >= 0.3 is 0 Å². The quantitative estimate of drug-likeness (QED) is 0.881. The lowest BCUT2D eigenvalue weighted by atomic mass is 10.3. The van der Waals surface area contributed by atoms with E-state index in [1.165, 1.54) is 12.1 Å². The van der Waals surface area contributed by atoms with Gasteiger partial charge in [0.15, 0.2) is 0 Å². The summed E-state index contributed by atoms with van der Waals surface area (Å²) in [7, 11) is 1.58. The minimum Gasteiger partial charge on any atom is -0.497 e. The maximum absolute atomic E-state index is 13.0. The smallest absolute Gasteiger partial charge is 0.243 e. The molecule has 0 saturated carbocycles. The maximum Gasteiger partial charge on any atom is 0.243 e. The highest BCUT2D eigenvalue weighted by Gasteiger charge is 2.03. The lowest BCUT2D eigenvalue weighted by molar-refractivity contribution is -0.114. The molecular weight excluding hydrogens is 259 g/mol. The molecule has 0 aliphatic rings. The van der Waals surface area contributed by atoms with Crippen molar-refractivity contribution in [2.45, 2.75) is 0 Å². The average molecular weight is 274 g/mol. The molecule has 104 valence electrons. The zero-order chi connectivity index (χ0) is 14.4. The highest BCUT2D eigenvalue weighted by Crippen LogP contribution is 2.16. The first-order valence-corrected chi connectivity index (χ1v) is 6.11. The zero-order valence-electron chi connectivity index (χ0n) is 11.0. The summed E-state index contributed by atoms with van der Waals surface area (Å²) >= 11 is 0. The van der Waals surface area contributed by atoms with Gasteiger partial charge in [0, 0.05) is 17.4 Å². The van der Waals surface area contributed by atoms with E-state index in [0.29, 0.717) is 11.4 Å². The van der Waals surface area contributed by atoms with Gasteiger partial charge in [-0.1, -0.05) is 12.1 Å². The van der Waals surface area contributed by atoms with Crippen LogP contribution in [0.4, 0.5) is 15.8 Å². The molecule has 0 unspecified atom stereocenters. The Labute approximate surface area is 116 Å². The highest BCUT2D eigenvalue weighted by molar-refractivity contribution is 5.93. The molecule has 0 bridgehead atoms. The Morgan fingerprint density at radius 1 is 1.15 bits per heavy atom. The van der Waals surface area contributed by atoms with Gasteiger partial charge in [0.2, 0.25) is 5.91 Å². The Balaban J connectivity index is 1.88. The zero-order valence-corrected chi connectivity index (χ0v) is 11.0. The van der Waals surface area contributed by atoms with Crippen LogP contribution in [0, 0.1) is 5.82 Å². The van der Waals surface area contributed by atoms with Crippen LogP contribution in [0.1, 0.15) is 0 Å². The molecule has 0 heterocycles. The van der Waals surface area contributed by atoms with E-state index < -0.39 is 0 Å². The number of hydrogen-bond acceptors (Lipinski definition) is 3. The van der Waals surface area contributed by atoms with E-state index in [-0.39, 0.29) is 18.3 Å². The van der Waals surface area contributed by atoms with Gasteiger partial charge in [0.1, 0.15) is 11.6 Å². The minimum absolute atomic E-state index is 0.0870. The SMILES string of the molecule is COc1cccc(NCC(=O)Nc2cccc(F)c2)c1. The van der Waals surface area contributed by atoms with Crippen molar-refractivity contribution in [1.29, 1.82) is 0 Å². The van der Waals surface area contributed by atoms with Crippen molar-refractivity contribution in [1.82, 2.24) is 0 Å². The summed E-state index contributed by atoms with van der Waals surface area (Å²) in [5, 5.41) is 5.58. The number of ether oxygens (including phenoxy) is 1. The second-order valence-electron chi connectivity index (χ2n) is 4.14. The van der Waals surface area contributed by atoms with Gasteiger partial charge in [0.25, 0.3) is 0 Å². The molecule has 0 spiro atoms. The van der Waals surface area contributed by atoms with E-state index in [0.717, 1.165) is 5.69 Å². The van der Waals surface area contributed by atoms with Crippen LogP contribution in [0.25, 0.3) is 0 Å². The fraction of sp³-hybridized carbons (Fsp3) is 0.133. The van der Waals surface area contributed by atoms with Gasteiger partial charge in [-0.3, -0.25) is 4.79 Å². The van der Waals surface area contributed by atoms with E-state index in [9.17, 15) is 9.18 Å². The monoisotopic (exact) mass is 274 g/mol. The van der Waals surface area contributed by atoms with Crippen LogP contribution in [0.3, 0.4) is 0 Å². The number of nitrogens with one attached hydrogen (secondary N) is 2. The third-order valence-corrected chi connectivity index (χ3v) is 2.63. The lowest BCUT2D eigenvalue weighted by Gasteiger charge is -2.09. The van der Waals surface area contributed by atoms with Gasteiger partial charge < -0.3 is 15.4 Å². The van der Waals surface area contributed by atoms with Crippen LogP contribution >= 0.6 is 0 Å². The summed E-state index contributed by atoms with van der Waals surface area (Å²) in [6.45, 7) is 0.0870. The number of carbonyl (C=O) groups is 1. The number of benzene rings is 2. The number of carbonyl (C=O) groups excluding carboxylic acids is 1. The number of hydrogen-bond donors (Lipinski definition) is 2. The van der Waals surface area contributed by atoms with Gasteiger partial charge in [-0.2, -0.15) is 0 Å². The molecule has 2 aromatic carbocycles. The first-order chi connectivity index (χ1) is 9.67. The third-order valence-electron chi connectivity index (χ3n) is 2.63. The molecule has 4 nitrogen and oxygen atoms in total. The Hall–Kier alpha value is -2.56. The fourth-order valence-electron chi connectivity index (χ4n) is 1.69. The molecule has 2 aromatic rings. The van der Waals surface area contributed by atoms with Gasteiger partial charge in [-0.15, -0.1) is 0 Å². The summed E-state index contributed by atoms with van der Waals surface area (Å²) in [6.07, 6.45) is 0. The van der Waals surface area contributed by atoms with Crippen molar-refractivity contribution in [3.05, 3.63) is 54.3 Å². The van der Waals surface area contributed by atoms with Gasteiger partial charge in [-0.05, 0) is 30.3 Å². The molecule has 5 heteroatoms. The summed E-state index contributed by atoms with van der Waals surface area (Å²) in [5.41, 5.74) is 1.21. The molecule has 0 atom stereocenters. The summed E-state index contributed by atoms with van der Waals surface area (Å²) in [5.74, 6) is 0.0718. The number of methoxy groups -OCH3 is 1. The van der Waals surface area contributed by atoms with Gasteiger partial charge in [-0.25, -0.2) is 4.39 Å². The summed E-state index contributed by atoms with van der Waals surface area (Å²) < 4.78 is 18.1. The molecule has 20 heavy (non-hydrogen) atoms. The number of anilines is 2. The maximum atomic E-state index is 13.0. The van der Waals surface area contributed by atoms with Crippen LogP contribution < -0.4 is 15.4 Å². The number of halogens is 1. The van der Waals surface area contributed by atoms with Crippen molar-refractivity contribution in [2.24, 2.45) is 0 Å². The largest absolute Gasteiger partial charge is 0.497 e. The number of amides is 1. The Bertz CT molecular complexity index is 602. The van der Waals surface area contributed by atoms with E-state index in [1.807, 2.05) is 18.2 Å². The molecule has 2 N–H and O–H groups in total. The summed E-state index contributed by atoms with van der Waals surface area (Å²) in [4.78, 5) is 11.7. The van der Waals surface area contributed by atoms with Crippen molar-refractivity contribution in [3.63, 3.8) is 0 Å². The molecule has 1 amide bonds. The van der Waals surface area contributed by atoms with Crippen LogP contribution in [0.5, 0.6) is 5.75 Å². The predicted molar refractivity (Wildman–Crippen MR) is 76.5 cm³/mol. The topological polar surface area (TPSA) is 50.4 Å². The van der Waals surface area contributed by atoms with Crippen molar-refractivity contribution in [2.75, 3.05) is 24.3 Å². The number of rotatable bonds is 5. The average Bonchev–Trinajstić information content (AvgIpc) is 2.45. The summed E-state index contributed by atoms with van der Waals surface area (Å²) in [6, 6.07) is 13.0. The fourth-order valence-corrected chi connectivity index (χ4v) is 1.69. The van der Waals surface area contributed by atoms with Crippen molar-refractivity contribution in [3.8, 4) is 5.75 Å². The van der Waals surface area contributed by atoms with Crippen molar-refractivity contribution >= 4 is 17.3 Å². The molecule has 0 fully saturated rings. The molecule has 2 rings (SSSR count). The third kappa shape index (κ3) is 3.98. The standard InChI is InChI=1S/C15H15FN2O2/c1-20-14-7-3-5-12(9-14)17-10-15(19)18-13-6-2-4-11(16)8-13/h2-9,17H,10H2,1H3,(H,18,19). The Kier molecular flexibility index (Phi) is 4.55. The Morgan fingerprint density at radius 3 is 2.65 bits per heavy atom. The van der Waals surface area contributed by atoms with Crippen LogP contribution in [0.15, 0.2) is 48.5 Å². The molecular formula is C15H15FN2O2. The van der Waals surface area contributed by atoms with Gasteiger partial charge in [0.05, 0.1) is 13.7 Å². The first-order valence-electron chi connectivity index (χ1n) is 6.11. The minimum atomic E-state index is -0.386. The molecule has 0 saturated heterocycles. The highest BCUT2D eigenvalue weighted by atomic mass is 19.1.